The van der Waals surface area contributed by atoms with Crippen LogP contribution in [0.5, 0.6) is 0 Å². The molecular formula is C24H23N5. The van der Waals surface area contributed by atoms with Crippen molar-refractivity contribution in [1.82, 2.24) is 15.2 Å². The Hall–Kier alpha value is -3.60. The fraction of sp³-hybridized carbons (Fsp3) is 0.167. The number of nitrogens with one attached hydrogen (secondary N) is 1. The summed E-state index contributed by atoms with van der Waals surface area (Å²) in [6, 6.07) is 25.5. The summed E-state index contributed by atoms with van der Waals surface area (Å²) < 4.78 is 0. The van der Waals surface area contributed by atoms with E-state index in [-0.39, 0.29) is 0 Å². The van der Waals surface area contributed by atoms with Crippen molar-refractivity contribution in [3.05, 3.63) is 102 Å². The lowest BCUT2D eigenvalue weighted by Gasteiger charge is -2.21. The summed E-state index contributed by atoms with van der Waals surface area (Å²) in [7, 11) is 0. The molecule has 0 atom stereocenters. The Bertz CT molecular complexity index is 1120. The topological polar surface area (TPSA) is 48.1 Å². The zero-order valence-electron chi connectivity index (χ0n) is 16.4. The van der Waals surface area contributed by atoms with Gasteiger partial charge in [0.15, 0.2) is 5.82 Å². The number of rotatable bonds is 5. The molecule has 0 saturated carbocycles. The van der Waals surface area contributed by atoms with Crippen molar-refractivity contribution in [1.29, 1.82) is 0 Å². The number of aromatic amines is 1. The van der Waals surface area contributed by atoms with Crippen molar-refractivity contribution in [2.45, 2.75) is 19.9 Å². The van der Waals surface area contributed by atoms with E-state index in [4.69, 9.17) is 0 Å². The number of pyridine rings is 1. The SMILES string of the molecule is Cc1cc(Cc2cccc(CN3CN(c4ccccc4)c4ncccc43)c2)n[nH]1. The van der Waals surface area contributed by atoms with Crippen LogP contribution in [-0.2, 0) is 13.0 Å². The Balaban J connectivity index is 1.39. The van der Waals surface area contributed by atoms with E-state index in [0.717, 1.165) is 42.5 Å². The molecular weight excluding hydrogens is 358 g/mol. The van der Waals surface area contributed by atoms with Crippen LogP contribution < -0.4 is 9.80 Å². The van der Waals surface area contributed by atoms with E-state index in [1.807, 2.05) is 25.3 Å². The van der Waals surface area contributed by atoms with Gasteiger partial charge in [-0.05, 0) is 48.4 Å². The second-order valence-corrected chi connectivity index (χ2v) is 7.49. The fourth-order valence-corrected chi connectivity index (χ4v) is 3.94. The highest BCUT2D eigenvalue weighted by Gasteiger charge is 2.27. The maximum Gasteiger partial charge on any atom is 0.158 e. The van der Waals surface area contributed by atoms with Crippen LogP contribution in [0.1, 0.15) is 22.5 Å². The highest BCUT2D eigenvalue weighted by atomic mass is 15.4. The molecule has 2 aromatic heterocycles. The molecule has 0 saturated heterocycles. The zero-order valence-corrected chi connectivity index (χ0v) is 16.4. The van der Waals surface area contributed by atoms with Crippen LogP contribution in [0.4, 0.5) is 17.2 Å². The van der Waals surface area contributed by atoms with Crippen LogP contribution in [0.2, 0.25) is 0 Å². The normalized spacial score (nSPS) is 13.0. The summed E-state index contributed by atoms with van der Waals surface area (Å²) in [5, 5.41) is 7.39. The second kappa shape index (κ2) is 7.43. The number of nitrogens with zero attached hydrogens (tertiary/aromatic N) is 4. The van der Waals surface area contributed by atoms with Crippen molar-refractivity contribution in [2.24, 2.45) is 0 Å². The minimum absolute atomic E-state index is 0.791. The van der Waals surface area contributed by atoms with Crippen molar-refractivity contribution >= 4 is 17.2 Å². The molecule has 0 aliphatic carbocycles. The van der Waals surface area contributed by atoms with Crippen LogP contribution in [0, 0.1) is 6.92 Å². The van der Waals surface area contributed by atoms with Gasteiger partial charge in [-0.2, -0.15) is 5.10 Å². The molecule has 5 heteroatoms. The largest absolute Gasteiger partial charge is 0.346 e. The summed E-state index contributed by atoms with van der Waals surface area (Å²) in [4.78, 5) is 9.31. The quantitative estimate of drug-likeness (QED) is 0.538. The number of H-pyrrole nitrogens is 1. The van der Waals surface area contributed by atoms with Gasteiger partial charge < -0.3 is 9.80 Å². The Morgan fingerprint density at radius 1 is 0.931 bits per heavy atom. The third kappa shape index (κ3) is 3.59. The highest BCUT2D eigenvalue weighted by Crippen LogP contribution is 2.39. The van der Waals surface area contributed by atoms with Gasteiger partial charge in [-0.15, -0.1) is 0 Å². The predicted octanol–water partition coefficient (Wildman–Crippen LogP) is 4.82. The zero-order chi connectivity index (χ0) is 19.6. The smallest absolute Gasteiger partial charge is 0.158 e. The fourth-order valence-electron chi connectivity index (χ4n) is 3.94. The van der Waals surface area contributed by atoms with Crippen LogP contribution in [0.25, 0.3) is 0 Å². The lowest BCUT2D eigenvalue weighted by molar-refractivity contribution is 0.830. The van der Waals surface area contributed by atoms with E-state index < -0.39 is 0 Å². The molecule has 4 aromatic rings. The number of anilines is 3. The first-order chi connectivity index (χ1) is 14.3. The molecule has 1 aliphatic heterocycles. The molecule has 144 valence electrons. The third-order valence-corrected chi connectivity index (χ3v) is 5.25. The van der Waals surface area contributed by atoms with Gasteiger partial charge in [-0.3, -0.25) is 5.10 Å². The molecule has 1 N–H and O–H groups in total. The molecule has 0 spiro atoms. The van der Waals surface area contributed by atoms with Gasteiger partial charge >= 0.3 is 0 Å². The summed E-state index contributed by atoms with van der Waals surface area (Å²) in [5.74, 6) is 1.02. The van der Waals surface area contributed by atoms with Crippen molar-refractivity contribution in [3.8, 4) is 0 Å². The molecule has 29 heavy (non-hydrogen) atoms. The minimum atomic E-state index is 0.791. The van der Waals surface area contributed by atoms with Gasteiger partial charge in [0.1, 0.15) is 0 Å². The number of fused-ring (bicyclic) bond motifs is 1. The van der Waals surface area contributed by atoms with Crippen LogP contribution in [0.15, 0.2) is 79.0 Å². The molecule has 2 aromatic carbocycles. The Labute approximate surface area is 170 Å². The first kappa shape index (κ1) is 17.5. The van der Waals surface area contributed by atoms with E-state index in [1.54, 1.807) is 0 Å². The van der Waals surface area contributed by atoms with Crippen LogP contribution >= 0.6 is 0 Å². The average molecular weight is 381 g/mol. The van der Waals surface area contributed by atoms with Gasteiger partial charge in [0.25, 0.3) is 0 Å². The number of aromatic nitrogens is 3. The summed E-state index contributed by atoms with van der Waals surface area (Å²) in [6.45, 7) is 3.67. The monoisotopic (exact) mass is 381 g/mol. The summed E-state index contributed by atoms with van der Waals surface area (Å²) in [6.07, 6.45) is 2.71. The van der Waals surface area contributed by atoms with E-state index in [0.29, 0.717) is 0 Å². The maximum atomic E-state index is 4.66. The highest BCUT2D eigenvalue weighted by molar-refractivity contribution is 5.79. The average Bonchev–Trinajstić information content (AvgIpc) is 3.33. The molecule has 0 bridgehead atoms. The van der Waals surface area contributed by atoms with Crippen molar-refractivity contribution in [3.63, 3.8) is 0 Å². The summed E-state index contributed by atoms with van der Waals surface area (Å²) >= 11 is 0. The molecule has 0 amide bonds. The lowest BCUT2D eigenvalue weighted by atomic mass is 10.1. The Kier molecular flexibility index (Phi) is 4.48. The van der Waals surface area contributed by atoms with Gasteiger partial charge in [0.05, 0.1) is 18.1 Å². The molecule has 3 heterocycles. The van der Waals surface area contributed by atoms with E-state index >= 15 is 0 Å². The minimum Gasteiger partial charge on any atom is -0.346 e. The summed E-state index contributed by atoms with van der Waals surface area (Å²) in [5.41, 5.74) is 7.07. The van der Waals surface area contributed by atoms with Gasteiger partial charge in [0, 0.05) is 30.5 Å². The number of benzene rings is 2. The lowest BCUT2D eigenvalue weighted by Crippen LogP contribution is -2.27. The molecule has 5 rings (SSSR count). The predicted molar refractivity (Wildman–Crippen MR) is 116 cm³/mol. The number of aryl methyl sites for hydroxylation is 1. The molecule has 0 radical (unpaired) electrons. The standard InChI is InChI=1S/C24H23N5/c1-18-13-21(27-26-18)15-19-7-5-8-20(14-19)16-28-17-29(22-9-3-2-4-10-22)24-23(28)11-6-12-25-24/h2-14H,15-17H2,1H3,(H,26,27). The number of hydrogen-bond acceptors (Lipinski definition) is 4. The first-order valence-corrected chi connectivity index (χ1v) is 9.87. The van der Waals surface area contributed by atoms with Gasteiger partial charge in [-0.1, -0.05) is 42.5 Å². The molecule has 5 nitrogen and oxygen atoms in total. The Morgan fingerprint density at radius 3 is 2.62 bits per heavy atom. The number of para-hydroxylation sites is 1. The second-order valence-electron chi connectivity index (χ2n) is 7.49. The van der Waals surface area contributed by atoms with Gasteiger partial charge in [-0.25, -0.2) is 4.98 Å². The molecule has 0 unspecified atom stereocenters. The van der Waals surface area contributed by atoms with Crippen LogP contribution in [-0.4, -0.2) is 21.9 Å². The van der Waals surface area contributed by atoms with Crippen molar-refractivity contribution < 1.29 is 0 Å². The van der Waals surface area contributed by atoms with Crippen LogP contribution in [0.3, 0.4) is 0 Å². The van der Waals surface area contributed by atoms with E-state index in [9.17, 15) is 0 Å². The van der Waals surface area contributed by atoms with E-state index in [1.165, 1.54) is 16.8 Å². The van der Waals surface area contributed by atoms with Crippen molar-refractivity contribution in [2.75, 3.05) is 16.5 Å². The Morgan fingerprint density at radius 2 is 1.79 bits per heavy atom. The number of hydrogen-bond donors (Lipinski definition) is 1. The molecule has 0 fully saturated rings. The van der Waals surface area contributed by atoms with Gasteiger partial charge in [0.2, 0.25) is 0 Å². The maximum absolute atomic E-state index is 4.66. The molecule has 1 aliphatic rings. The first-order valence-electron chi connectivity index (χ1n) is 9.87. The van der Waals surface area contributed by atoms with E-state index in [2.05, 4.69) is 85.6 Å². The third-order valence-electron chi connectivity index (χ3n) is 5.25.